The number of likely N-dealkylation sites (tertiary alicyclic amines) is 1. The summed E-state index contributed by atoms with van der Waals surface area (Å²) in [5, 5.41) is 6.92. The number of nitrogens with one attached hydrogen (secondary N) is 2. The van der Waals surface area contributed by atoms with Gasteiger partial charge in [0, 0.05) is 19.0 Å². The fourth-order valence-electron chi connectivity index (χ4n) is 4.36. The molecule has 3 aliphatic rings. The Morgan fingerprint density at radius 2 is 2.04 bits per heavy atom. The molecule has 4 N–H and O–H groups in total. The normalized spacial score (nSPS) is 29.9. The Labute approximate surface area is 157 Å². The van der Waals surface area contributed by atoms with E-state index in [1.807, 2.05) is 0 Å². The summed E-state index contributed by atoms with van der Waals surface area (Å²) in [5.41, 5.74) is 5.39. The van der Waals surface area contributed by atoms with Crippen LogP contribution < -0.4 is 16.4 Å². The Morgan fingerprint density at radius 3 is 2.65 bits per heavy atom. The fourth-order valence-corrected chi connectivity index (χ4v) is 4.36. The smallest absolute Gasteiger partial charge is 0.220 e. The maximum atomic E-state index is 11.2. The van der Waals surface area contributed by atoms with Crippen molar-refractivity contribution in [2.45, 2.75) is 70.1 Å². The van der Waals surface area contributed by atoms with E-state index >= 15 is 0 Å². The molecular weight excluding hydrogens is 330 g/mol. The number of unbranched alkanes of at least 4 members (excludes halogenated alkanes) is 1. The van der Waals surface area contributed by atoms with Gasteiger partial charge < -0.3 is 26.0 Å². The zero-order valence-corrected chi connectivity index (χ0v) is 16.1. The molecular formula is C19H35N5O2. The molecule has 3 fully saturated rings. The first-order valence-electron chi connectivity index (χ1n) is 10.4. The number of primary amides is 1. The largest absolute Gasteiger partial charge is 0.373 e. The second-order valence-electron chi connectivity index (χ2n) is 7.85. The molecule has 3 aliphatic heterocycles. The highest BCUT2D eigenvalue weighted by Gasteiger charge is 2.41. The first-order valence-corrected chi connectivity index (χ1v) is 10.4. The van der Waals surface area contributed by atoms with Crippen molar-refractivity contribution in [1.82, 2.24) is 15.5 Å². The summed E-state index contributed by atoms with van der Waals surface area (Å²) in [6.07, 6.45) is 8.37. The molecule has 0 aliphatic carbocycles. The van der Waals surface area contributed by atoms with E-state index in [0.717, 1.165) is 70.8 Å². The van der Waals surface area contributed by atoms with Crippen LogP contribution in [-0.4, -0.2) is 67.7 Å². The minimum absolute atomic E-state index is 0.0828. The molecule has 7 heteroatoms. The molecule has 2 bridgehead atoms. The Bertz CT molecular complexity index is 490. The van der Waals surface area contributed by atoms with Crippen LogP contribution in [0.1, 0.15) is 51.9 Å². The Kier molecular flexibility index (Phi) is 7.14. The van der Waals surface area contributed by atoms with Crippen LogP contribution in [0, 0.1) is 5.92 Å². The first-order chi connectivity index (χ1) is 12.7. The van der Waals surface area contributed by atoms with Crippen LogP contribution in [0.4, 0.5) is 0 Å². The lowest BCUT2D eigenvalue weighted by Crippen LogP contribution is -2.47. The van der Waals surface area contributed by atoms with E-state index in [-0.39, 0.29) is 11.8 Å². The maximum absolute atomic E-state index is 11.2. The molecule has 3 heterocycles. The van der Waals surface area contributed by atoms with E-state index in [1.165, 1.54) is 12.8 Å². The predicted octanol–water partition coefficient (Wildman–Crippen LogP) is 0.839. The van der Waals surface area contributed by atoms with Gasteiger partial charge in [-0.1, -0.05) is 0 Å². The SMILES string of the molecule is CCNC(=NCCCCN1CCC(C(N)=O)CC1)NC1CC2CCC1O2. The third-order valence-corrected chi connectivity index (χ3v) is 5.91. The highest BCUT2D eigenvalue weighted by atomic mass is 16.5. The summed E-state index contributed by atoms with van der Waals surface area (Å²) in [4.78, 5) is 18.4. The van der Waals surface area contributed by atoms with E-state index in [9.17, 15) is 4.79 Å². The van der Waals surface area contributed by atoms with E-state index in [1.54, 1.807) is 0 Å². The molecule has 0 saturated carbocycles. The van der Waals surface area contributed by atoms with Gasteiger partial charge in [-0.15, -0.1) is 0 Å². The van der Waals surface area contributed by atoms with Crippen molar-refractivity contribution in [3.05, 3.63) is 0 Å². The first kappa shape index (κ1) is 19.4. The number of hydrogen-bond acceptors (Lipinski definition) is 4. The molecule has 0 spiro atoms. The van der Waals surface area contributed by atoms with Gasteiger partial charge in [0.05, 0.1) is 18.2 Å². The van der Waals surface area contributed by atoms with Crippen LogP contribution in [0.15, 0.2) is 4.99 Å². The summed E-state index contributed by atoms with van der Waals surface area (Å²) in [6.45, 7) is 6.89. The molecule has 0 aromatic rings. The molecule has 3 atom stereocenters. The summed E-state index contributed by atoms with van der Waals surface area (Å²) in [7, 11) is 0. The lowest BCUT2D eigenvalue weighted by molar-refractivity contribution is -0.123. The van der Waals surface area contributed by atoms with Crippen LogP contribution in [0.2, 0.25) is 0 Å². The number of piperidine rings is 1. The number of guanidine groups is 1. The number of amides is 1. The molecule has 0 aromatic carbocycles. The van der Waals surface area contributed by atoms with Crippen molar-refractivity contribution in [1.29, 1.82) is 0 Å². The second kappa shape index (κ2) is 9.55. The molecule has 26 heavy (non-hydrogen) atoms. The Morgan fingerprint density at radius 1 is 1.23 bits per heavy atom. The molecule has 1 amide bonds. The minimum atomic E-state index is -0.136. The van der Waals surface area contributed by atoms with Crippen molar-refractivity contribution in [3.8, 4) is 0 Å². The zero-order valence-electron chi connectivity index (χ0n) is 16.1. The van der Waals surface area contributed by atoms with E-state index in [2.05, 4.69) is 22.5 Å². The zero-order chi connectivity index (χ0) is 18.4. The van der Waals surface area contributed by atoms with Gasteiger partial charge in [0.2, 0.25) is 5.91 Å². The molecule has 0 radical (unpaired) electrons. The van der Waals surface area contributed by atoms with Crippen LogP contribution >= 0.6 is 0 Å². The summed E-state index contributed by atoms with van der Waals surface area (Å²) in [5.74, 6) is 0.874. The number of nitrogens with zero attached hydrogens (tertiary/aromatic N) is 2. The molecule has 7 nitrogen and oxygen atoms in total. The van der Waals surface area contributed by atoms with Crippen LogP contribution in [0.5, 0.6) is 0 Å². The molecule has 148 valence electrons. The van der Waals surface area contributed by atoms with Crippen molar-refractivity contribution >= 4 is 11.9 Å². The average molecular weight is 366 g/mol. The quantitative estimate of drug-likeness (QED) is 0.337. The van der Waals surface area contributed by atoms with Crippen molar-refractivity contribution in [3.63, 3.8) is 0 Å². The number of hydrogen-bond donors (Lipinski definition) is 3. The number of carbonyl (C=O) groups excluding carboxylic acids is 1. The third-order valence-electron chi connectivity index (χ3n) is 5.91. The molecule has 0 aromatic heterocycles. The van der Waals surface area contributed by atoms with Crippen molar-refractivity contribution in [2.75, 3.05) is 32.7 Å². The van der Waals surface area contributed by atoms with Gasteiger partial charge >= 0.3 is 0 Å². The van der Waals surface area contributed by atoms with Gasteiger partial charge in [-0.05, 0) is 71.5 Å². The number of rotatable bonds is 8. The summed E-state index contributed by atoms with van der Waals surface area (Å²) in [6, 6.07) is 0.415. The monoisotopic (exact) mass is 365 g/mol. The number of fused-ring (bicyclic) bond motifs is 2. The van der Waals surface area contributed by atoms with E-state index in [4.69, 9.17) is 15.5 Å². The van der Waals surface area contributed by atoms with Crippen molar-refractivity contribution < 1.29 is 9.53 Å². The molecule has 3 saturated heterocycles. The van der Waals surface area contributed by atoms with Crippen molar-refractivity contribution in [2.24, 2.45) is 16.6 Å². The minimum Gasteiger partial charge on any atom is -0.373 e. The topological polar surface area (TPSA) is 92.0 Å². The van der Waals surface area contributed by atoms with Crippen LogP contribution in [-0.2, 0) is 9.53 Å². The highest BCUT2D eigenvalue weighted by Crippen LogP contribution is 2.34. The third kappa shape index (κ3) is 5.33. The average Bonchev–Trinajstić information content (AvgIpc) is 3.25. The highest BCUT2D eigenvalue weighted by molar-refractivity contribution is 5.80. The number of ether oxygens (including phenoxy) is 1. The number of carbonyl (C=O) groups is 1. The standard InChI is InChI=1S/C19H35N5O2/c1-2-21-19(23-16-13-15-5-6-17(16)26-15)22-9-3-4-10-24-11-7-14(8-12-24)18(20)25/h14-17H,2-13H2,1H3,(H2,20,25)(H2,21,22,23). The van der Waals surface area contributed by atoms with Gasteiger partial charge in [0.25, 0.3) is 0 Å². The van der Waals surface area contributed by atoms with Crippen LogP contribution in [0.3, 0.4) is 0 Å². The van der Waals surface area contributed by atoms with E-state index < -0.39 is 0 Å². The Balaban J connectivity index is 1.32. The van der Waals surface area contributed by atoms with Gasteiger partial charge in [-0.3, -0.25) is 9.79 Å². The second-order valence-corrected chi connectivity index (χ2v) is 7.85. The van der Waals surface area contributed by atoms with Gasteiger partial charge in [0.15, 0.2) is 5.96 Å². The molecule has 3 unspecified atom stereocenters. The molecule has 3 rings (SSSR count). The number of aliphatic imine (C=N–C) groups is 1. The van der Waals surface area contributed by atoms with Gasteiger partial charge in [0.1, 0.15) is 0 Å². The number of nitrogens with two attached hydrogens (primary N) is 1. The lowest BCUT2D eigenvalue weighted by atomic mass is 9.96. The van der Waals surface area contributed by atoms with Gasteiger partial charge in [-0.2, -0.15) is 0 Å². The summed E-state index contributed by atoms with van der Waals surface area (Å²) >= 11 is 0. The lowest BCUT2D eigenvalue weighted by Gasteiger charge is -2.30. The summed E-state index contributed by atoms with van der Waals surface area (Å²) < 4.78 is 5.92. The maximum Gasteiger partial charge on any atom is 0.220 e. The fraction of sp³-hybridized carbons (Fsp3) is 0.895. The van der Waals surface area contributed by atoms with Crippen LogP contribution in [0.25, 0.3) is 0 Å². The Hall–Kier alpha value is -1.34. The van der Waals surface area contributed by atoms with E-state index in [0.29, 0.717) is 18.2 Å². The van der Waals surface area contributed by atoms with Gasteiger partial charge in [-0.25, -0.2) is 0 Å². The predicted molar refractivity (Wildman–Crippen MR) is 103 cm³/mol.